The van der Waals surface area contributed by atoms with Crippen LogP contribution in [0.15, 0.2) is 48.5 Å². The number of nitrogens with one attached hydrogen (secondary N) is 2. The third-order valence-corrected chi connectivity index (χ3v) is 5.32. The van der Waals surface area contributed by atoms with Crippen molar-refractivity contribution in [3.05, 3.63) is 59.7 Å². The molecule has 1 aliphatic carbocycles. The maximum absolute atomic E-state index is 13.2. The fourth-order valence-electron chi connectivity index (χ4n) is 4.04. The van der Waals surface area contributed by atoms with Gasteiger partial charge in [0.15, 0.2) is 0 Å². The van der Waals surface area contributed by atoms with E-state index in [4.69, 9.17) is 0 Å². The summed E-state index contributed by atoms with van der Waals surface area (Å²) in [6, 6.07) is 11.3. The van der Waals surface area contributed by atoms with Crippen LogP contribution in [0.5, 0.6) is 5.75 Å². The average molecular weight is 433 g/mol. The van der Waals surface area contributed by atoms with Gasteiger partial charge in [-0.05, 0) is 54.7 Å². The summed E-state index contributed by atoms with van der Waals surface area (Å²) in [4.78, 5) is 38.9. The molecule has 1 spiro atoms. The van der Waals surface area contributed by atoms with Crippen LogP contribution in [0.1, 0.15) is 24.0 Å². The van der Waals surface area contributed by atoms with Crippen molar-refractivity contribution in [2.75, 3.05) is 11.9 Å². The van der Waals surface area contributed by atoms with E-state index in [9.17, 15) is 27.6 Å². The van der Waals surface area contributed by atoms with Gasteiger partial charge in [-0.2, -0.15) is 0 Å². The standard InChI is InChI=1S/C21H18F3N3O4/c22-21(23,24)31-15-9-7-14(8-10-15)25-17(28)12-27-18(29)20(26-19(27)30)11-3-5-13-4-1-2-6-16(13)20/h1-2,4,6-10H,3,5,11-12H2,(H,25,28)(H,26,30). The Balaban J connectivity index is 1.45. The highest BCUT2D eigenvalue weighted by atomic mass is 19.4. The Morgan fingerprint density at radius 3 is 2.55 bits per heavy atom. The number of hydrogen-bond acceptors (Lipinski definition) is 4. The highest BCUT2D eigenvalue weighted by molar-refractivity contribution is 6.10. The van der Waals surface area contributed by atoms with Crippen molar-refractivity contribution < 1.29 is 32.3 Å². The first-order valence-electron chi connectivity index (χ1n) is 9.56. The van der Waals surface area contributed by atoms with Crippen LogP contribution in [0.25, 0.3) is 0 Å². The van der Waals surface area contributed by atoms with Crippen molar-refractivity contribution in [1.82, 2.24) is 10.2 Å². The minimum Gasteiger partial charge on any atom is -0.406 e. The second-order valence-corrected chi connectivity index (χ2v) is 7.36. The molecule has 2 aliphatic rings. The van der Waals surface area contributed by atoms with Crippen molar-refractivity contribution in [2.24, 2.45) is 0 Å². The van der Waals surface area contributed by atoms with Crippen LogP contribution < -0.4 is 15.4 Å². The van der Waals surface area contributed by atoms with Crippen LogP contribution in [-0.2, 0) is 21.5 Å². The number of amides is 4. The molecule has 2 aromatic carbocycles. The molecule has 1 atom stereocenters. The van der Waals surface area contributed by atoms with Crippen molar-refractivity contribution in [1.29, 1.82) is 0 Å². The zero-order valence-electron chi connectivity index (χ0n) is 16.2. The van der Waals surface area contributed by atoms with E-state index in [-0.39, 0.29) is 5.69 Å². The van der Waals surface area contributed by atoms with E-state index in [1.807, 2.05) is 12.1 Å². The Kier molecular flexibility index (Phi) is 5.08. The van der Waals surface area contributed by atoms with Crippen LogP contribution in [0.4, 0.5) is 23.7 Å². The van der Waals surface area contributed by atoms with E-state index < -0.39 is 42.0 Å². The van der Waals surface area contributed by atoms with Crippen LogP contribution in [0.2, 0.25) is 0 Å². The first-order chi connectivity index (χ1) is 14.7. The van der Waals surface area contributed by atoms with Gasteiger partial charge in [0.1, 0.15) is 17.8 Å². The minimum atomic E-state index is -4.82. The molecule has 4 rings (SSSR count). The Labute approximate surface area is 175 Å². The predicted octanol–water partition coefficient (Wildman–Crippen LogP) is 3.31. The van der Waals surface area contributed by atoms with Crippen LogP contribution in [-0.4, -0.2) is 35.7 Å². The van der Waals surface area contributed by atoms with Crippen molar-refractivity contribution >= 4 is 23.5 Å². The van der Waals surface area contributed by atoms with E-state index in [1.54, 1.807) is 12.1 Å². The van der Waals surface area contributed by atoms with Crippen molar-refractivity contribution in [3.8, 4) is 5.75 Å². The number of anilines is 1. The van der Waals surface area contributed by atoms with Gasteiger partial charge >= 0.3 is 12.4 Å². The van der Waals surface area contributed by atoms with Gasteiger partial charge in [-0.25, -0.2) is 4.79 Å². The summed E-state index contributed by atoms with van der Waals surface area (Å²) in [5.74, 6) is -1.58. The fraction of sp³-hybridized carbons (Fsp3) is 0.286. The molecule has 10 heteroatoms. The quantitative estimate of drug-likeness (QED) is 0.725. The maximum Gasteiger partial charge on any atom is 0.573 e. The molecular weight excluding hydrogens is 415 g/mol. The van der Waals surface area contributed by atoms with E-state index in [2.05, 4.69) is 15.4 Å². The van der Waals surface area contributed by atoms with E-state index in [1.165, 1.54) is 12.1 Å². The number of alkyl halides is 3. The van der Waals surface area contributed by atoms with Gasteiger partial charge in [-0.3, -0.25) is 14.5 Å². The number of carbonyl (C=O) groups excluding carboxylic acids is 3. The number of fused-ring (bicyclic) bond motifs is 2. The molecule has 2 N–H and O–H groups in total. The minimum absolute atomic E-state index is 0.198. The molecule has 4 amide bonds. The van der Waals surface area contributed by atoms with Crippen LogP contribution in [0, 0.1) is 0 Å². The van der Waals surface area contributed by atoms with Gasteiger partial charge in [0, 0.05) is 5.69 Å². The van der Waals surface area contributed by atoms with Gasteiger partial charge in [0.25, 0.3) is 5.91 Å². The monoisotopic (exact) mass is 433 g/mol. The normalized spacial score (nSPS) is 20.4. The molecule has 1 saturated heterocycles. The van der Waals surface area contributed by atoms with Gasteiger partial charge in [-0.15, -0.1) is 13.2 Å². The summed E-state index contributed by atoms with van der Waals surface area (Å²) >= 11 is 0. The first kappa shape index (κ1) is 20.7. The zero-order chi connectivity index (χ0) is 22.2. The molecule has 162 valence electrons. The number of rotatable bonds is 4. The number of urea groups is 1. The summed E-state index contributed by atoms with van der Waals surface area (Å²) in [7, 11) is 0. The lowest BCUT2D eigenvalue weighted by Gasteiger charge is -2.33. The molecular formula is C21H18F3N3O4. The Morgan fingerprint density at radius 1 is 1.13 bits per heavy atom. The maximum atomic E-state index is 13.2. The van der Waals surface area contributed by atoms with Crippen LogP contribution in [0.3, 0.4) is 0 Å². The molecule has 1 aliphatic heterocycles. The molecule has 0 saturated carbocycles. The lowest BCUT2D eigenvalue weighted by Crippen LogP contribution is -2.47. The van der Waals surface area contributed by atoms with E-state index in [0.29, 0.717) is 6.42 Å². The Morgan fingerprint density at radius 2 is 1.84 bits per heavy atom. The third kappa shape index (κ3) is 4.05. The molecule has 1 fully saturated rings. The van der Waals surface area contributed by atoms with Crippen molar-refractivity contribution in [2.45, 2.75) is 31.2 Å². The SMILES string of the molecule is O=C(CN1C(=O)NC2(CCCc3ccccc32)C1=O)Nc1ccc(OC(F)(F)F)cc1. The summed E-state index contributed by atoms with van der Waals surface area (Å²) in [6.45, 7) is -0.518. The number of aryl methyl sites for hydroxylation is 1. The lowest BCUT2D eigenvalue weighted by molar-refractivity contribution is -0.274. The molecule has 0 radical (unpaired) electrons. The highest BCUT2D eigenvalue weighted by Crippen LogP contribution is 2.39. The number of ether oxygens (including phenoxy) is 1. The van der Waals surface area contributed by atoms with Crippen molar-refractivity contribution in [3.63, 3.8) is 0 Å². The van der Waals surface area contributed by atoms with Gasteiger partial charge in [-0.1, -0.05) is 24.3 Å². The molecule has 2 aromatic rings. The molecule has 31 heavy (non-hydrogen) atoms. The second kappa shape index (κ2) is 7.60. The smallest absolute Gasteiger partial charge is 0.406 e. The zero-order valence-corrected chi connectivity index (χ0v) is 16.2. The Bertz CT molecular complexity index is 1040. The summed E-state index contributed by atoms with van der Waals surface area (Å²) in [5.41, 5.74) is 0.741. The molecule has 0 aromatic heterocycles. The number of benzene rings is 2. The molecule has 1 unspecified atom stereocenters. The summed E-state index contributed by atoms with van der Waals surface area (Å²) < 4.78 is 40.5. The number of nitrogens with zero attached hydrogens (tertiary/aromatic N) is 1. The summed E-state index contributed by atoms with van der Waals surface area (Å²) in [6.07, 6.45) is -2.86. The Hall–Kier alpha value is -3.56. The highest BCUT2D eigenvalue weighted by Gasteiger charge is 2.54. The fourth-order valence-corrected chi connectivity index (χ4v) is 4.04. The topological polar surface area (TPSA) is 87.7 Å². The molecule has 0 bridgehead atoms. The number of imide groups is 1. The average Bonchev–Trinajstić information content (AvgIpc) is 2.93. The summed E-state index contributed by atoms with van der Waals surface area (Å²) in [5, 5.41) is 5.22. The number of halogens is 3. The van der Waals surface area contributed by atoms with Gasteiger partial charge in [0.2, 0.25) is 5.91 Å². The second-order valence-electron chi connectivity index (χ2n) is 7.36. The van der Waals surface area contributed by atoms with Gasteiger partial charge in [0.05, 0.1) is 0 Å². The van der Waals surface area contributed by atoms with E-state index in [0.717, 1.165) is 41.0 Å². The lowest BCUT2D eigenvalue weighted by atomic mass is 9.76. The van der Waals surface area contributed by atoms with E-state index >= 15 is 0 Å². The first-order valence-corrected chi connectivity index (χ1v) is 9.56. The predicted molar refractivity (Wildman–Crippen MR) is 103 cm³/mol. The van der Waals surface area contributed by atoms with Gasteiger partial charge < -0.3 is 15.4 Å². The molecule has 1 heterocycles. The number of hydrogen-bond donors (Lipinski definition) is 2. The number of carbonyl (C=O) groups is 3. The molecule has 7 nitrogen and oxygen atoms in total. The van der Waals surface area contributed by atoms with Crippen LogP contribution >= 0.6 is 0 Å². The third-order valence-electron chi connectivity index (χ3n) is 5.32. The largest absolute Gasteiger partial charge is 0.573 e.